The van der Waals surface area contributed by atoms with Crippen molar-refractivity contribution in [3.63, 3.8) is 0 Å². The summed E-state index contributed by atoms with van der Waals surface area (Å²) in [7, 11) is 0. The molecule has 0 amide bonds. The highest BCUT2D eigenvalue weighted by Crippen LogP contribution is 2.25. The van der Waals surface area contributed by atoms with Crippen LogP contribution in [-0.4, -0.2) is 6.04 Å². The Balaban J connectivity index is 1.67. The van der Waals surface area contributed by atoms with E-state index in [2.05, 4.69) is 36.5 Å². The molecule has 1 saturated carbocycles. The Morgan fingerprint density at radius 2 is 1.87 bits per heavy atom. The van der Waals surface area contributed by atoms with E-state index >= 15 is 0 Å². The summed E-state index contributed by atoms with van der Waals surface area (Å²) in [6.45, 7) is 3.52. The largest absolute Gasteiger partial charge is 0.489 e. The van der Waals surface area contributed by atoms with Crippen molar-refractivity contribution in [2.24, 2.45) is 0 Å². The number of nitrogens with one attached hydrogen (secondary N) is 1. The fourth-order valence-corrected chi connectivity index (χ4v) is 3.33. The van der Waals surface area contributed by atoms with E-state index < -0.39 is 0 Å². The summed E-state index contributed by atoms with van der Waals surface area (Å²) in [4.78, 5) is 0. The van der Waals surface area contributed by atoms with Gasteiger partial charge in [0.15, 0.2) is 0 Å². The Kier molecular flexibility index (Phi) is 5.58. The molecule has 3 rings (SSSR count). The minimum Gasteiger partial charge on any atom is -0.489 e. The van der Waals surface area contributed by atoms with Gasteiger partial charge in [-0.3, -0.25) is 0 Å². The first-order chi connectivity index (χ1) is 11.2. The van der Waals surface area contributed by atoms with Crippen LogP contribution >= 0.6 is 11.6 Å². The van der Waals surface area contributed by atoms with E-state index in [0.717, 1.165) is 22.9 Å². The summed E-state index contributed by atoms with van der Waals surface area (Å²) in [5.41, 5.74) is 3.61. The first kappa shape index (κ1) is 16.4. The molecule has 1 aliphatic rings. The van der Waals surface area contributed by atoms with Crippen LogP contribution in [-0.2, 0) is 13.2 Å². The molecule has 0 aliphatic heterocycles. The maximum absolute atomic E-state index is 6.17. The Morgan fingerprint density at radius 3 is 2.65 bits per heavy atom. The second-order valence-electron chi connectivity index (χ2n) is 6.33. The van der Waals surface area contributed by atoms with E-state index in [1.54, 1.807) is 0 Å². The first-order valence-electron chi connectivity index (χ1n) is 8.41. The molecule has 122 valence electrons. The highest BCUT2D eigenvalue weighted by molar-refractivity contribution is 6.30. The molecule has 0 saturated heterocycles. The molecule has 2 nitrogen and oxygen atoms in total. The monoisotopic (exact) mass is 329 g/mol. The second-order valence-corrected chi connectivity index (χ2v) is 6.77. The Labute approximate surface area is 143 Å². The summed E-state index contributed by atoms with van der Waals surface area (Å²) in [5, 5.41) is 4.40. The predicted molar refractivity (Wildman–Crippen MR) is 96.1 cm³/mol. The lowest BCUT2D eigenvalue weighted by Crippen LogP contribution is -2.25. The van der Waals surface area contributed by atoms with E-state index in [-0.39, 0.29) is 0 Å². The van der Waals surface area contributed by atoms with Crippen LogP contribution in [0.15, 0.2) is 42.5 Å². The molecule has 0 radical (unpaired) electrons. The number of ether oxygens (including phenoxy) is 1. The molecule has 1 fully saturated rings. The standard InChI is InChI=1S/C20H24ClNO/c1-15-6-2-3-7-16(15)14-23-20-11-10-18(21)12-17(20)13-22-19-8-4-5-9-19/h2-3,6-7,10-12,19,22H,4-5,8-9,13-14H2,1H3. The predicted octanol–water partition coefficient (Wildman–Crippen LogP) is 5.26. The molecular weight excluding hydrogens is 306 g/mol. The molecule has 2 aromatic carbocycles. The van der Waals surface area contributed by atoms with Crippen LogP contribution in [0, 0.1) is 6.92 Å². The molecule has 1 aliphatic carbocycles. The van der Waals surface area contributed by atoms with E-state index in [1.165, 1.54) is 36.8 Å². The summed E-state index contributed by atoms with van der Waals surface area (Å²) >= 11 is 6.17. The Bertz CT molecular complexity index is 650. The molecule has 0 spiro atoms. The van der Waals surface area contributed by atoms with Crippen LogP contribution in [0.4, 0.5) is 0 Å². The smallest absolute Gasteiger partial charge is 0.124 e. The van der Waals surface area contributed by atoms with Gasteiger partial charge in [-0.05, 0) is 49.1 Å². The molecule has 2 aromatic rings. The van der Waals surface area contributed by atoms with Crippen molar-refractivity contribution in [3.05, 3.63) is 64.2 Å². The topological polar surface area (TPSA) is 21.3 Å². The van der Waals surface area contributed by atoms with Crippen LogP contribution in [0.2, 0.25) is 5.02 Å². The molecule has 0 atom stereocenters. The van der Waals surface area contributed by atoms with Gasteiger partial charge in [0.1, 0.15) is 12.4 Å². The molecule has 23 heavy (non-hydrogen) atoms. The van der Waals surface area contributed by atoms with Crippen LogP contribution in [0.3, 0.4) is 0 Å². The lowest BCUT2D eigenvalue weighted by molar-refractivity contribution is 0.300. The van der Waals surface area contributed by atoms with Crippen molar-refractivity contribution in [1.82, 2.24) is 5.32 Å². The molecule has 0 bridgehead atoms. The highest BCUT2D eigenvalue weighted by Gasteiger charge is 2.15. The zero-order valence-electron chi connectivity index (χ0n) is 13.6. The van der Waals surface area contributed by atoms with E-state index in [9.17, 15) is 0 Å². The molecule has 0 aromatic heterocycles. The Hall–Kier alpha value is -1.51. The molecule has 3 heteroatoms. The third kappa shape index (κ3) is 4.49. The maximum atomic E-state index is 6.17. The number of hydrogen-bond donors (Lipinski definition) is 1. The van der Waals surface area contributed by atoms with Gasteiger partial charge in [0.05, 0.1) is 0 Å². The summed E-state index contributed by atoms with van der Waals surface area (Å²) < 4.78 is 6.08. The maximum Gasteiger partial charge on any atom is 0.124 e. The zero-order valence-corrected chi connectivity index (χ0v) is 14.4. The fourth-order valence-electron chi connectivity index (χ4n) is 3.14. The minimum atomic E-state index is 0.588. The number of benzene rings is 2. The van der Waals surface area contributed by atoms with Gasteiger partial charge in [0.25, 0.3) is 0 Å². The van der Waals surface area contributed by atoms with Gasteiger partial charge >= 0.3 is 0 Å². The average molecular weight is 330 g/mol. The van der Waals surface area contributed by atoms with Crippen molar-refractivity contribution in [2.45, 2.75) is 51.8 Å². The van der Waals surface area contributed by atoms with Crippen molar-refractivity contribution in [1.29, 1.82) is 0 Å². The van der Waals surface area contributed by atoms with Gasteiger partial charge < -0.3 is 10.1 Å². The van der Waals surface area contributed by atoms with Crippen LogP contribution in [0.25, 0.3) is 0 Å². The third-order valence-corrected chi connectivity index (χ3v) is 4.84. The van der Waals surface area contributed by atoms with Gasteiger partial charge in [0.2, 0.25) is 0 Å². The lowest BCUT2D eigenvalue weighted by Gasteiger charge is -2.16. The Morgan fingerprint density at radius 1 is 1.09 bits per heavy atom. The highest BCUT2D eigenvalue weighted by atomic mass is 35.5. The number of hydrogen-bond acceptors (Lipinski definition) is 2. The lowest BCUT2D eigenvalue weighted by atomic mass is 10.1. The fraction of sp³-hybridized carbons (Fsp3) is 0.400. The first-order valence-corrected chi connectivity index (χ1v) is 8.79. The van der Waals surface area contributed by atoms with Crippen LogP contribution < -0.4 is 10.1 Å². The molecular formula is C20H24ClNO. The minimum absolute atomic E-state index is 0.588. The van der Waals surface area contributed by atoms with Crippen LogP contribution in [0.5, 0.6) is 5.75 Å². The summed E-state index contributed by atoms with van der Waals surface area (Å²) in [5.74, 6) is 0.920. The van der Waals surface area contributed by atoms with Gasteiger partial charge in [-0.1, -0.05) is 48.7 Å². The van der Waals surface area contributed by atoms with E-state index in [4.69, 9.17) is 16.3 Å². The van der Waals surface area contributed by atoms with Crippen LogP contribution in [0.1, 0.15) is 42.4 Å². The molecule has 0 unspecified atom stereocenters. The van der Waals surface area contributed by atoms with Crippen molar-refractivity contribution >= 4 is 11.6 Å². The van der Waals surface area contributed by atoms with Gasteiger partial charge in [0, 0.05) is 23.2 Å². The average Bonchev–Trinajstić information content (AvgIpc) is 3.07. The van der Waals surface area contributed by atoms with Gasteiger partial charge in [-0.15, -0.1) is 0 Å². The normalized spacial score (nSPS) is 15.0. The van der Waals surface area contributed by atoms with Crippen molar-refractivity contribution in [2.75, 3.05) is 0 Å². The molecule has 1 N–H and O–H groups in total. The zero-order chi connectivity index (χ0) is 16.1. The molecule has 0 heterocycles. The number of rotatable bonds is 6. The van der Waals surface area contributed by atoms with Crippen molar-refractivity contribution in [3.8, 4) is 5.75 Å². The van der Waals surface area contributed by atoms with Crippen molar-refractivity contribution < 1.29 is 4.74 Å². The summed E-state index contributed by atoms with van der Waals surface area (Å²) in [6, 6.07) is 14.9. The van der Waals surface area contributed by atoms with Gasteiger partial charge in [-0.2, -0.15) is 0 Å². The number of halogens is 1. The summed E-state index contributed by atoms with van der Waals surface area (Å²) in [6.07, 6.45) is 5.23. The quantitative estimate of drug-likeness (QED) is 0.780. The number of aryl methyl sites for hydroxylation is 1. The van der Waals surface area contributed by atoms with Gasteiger partial charge in [-0.25, -0.2) is 0 Å². The van der Waals surface area contributed by atoms with E-state index in [1.807, 2.05) is 18.2 Å². The second kappa shape index (κ2) is 7.85. The van der Waals surface area contributed by atoms with E-state index in [0.29, 0.717) is 12.6 Å². The third-order valence-electron chi connectivity index (χ3n) is 4.60. The SMILES string of the molecule is Cc1ccccc1COc1ccc(Cl)cc1CNC1CCCC1.